The van der Waals surface area contributed by atoms with Gasteiger partial charge in [-0.1, -0.05) is 30.3 Å². The number of nitrogens with zero attached hydrogens (tertiary/aromatic N) is 2. The molecule has 2 amide bonds. The number of nitrogens with one attached hydrogen (secondary N) is 2. The molecule has 3 aromatic carbocycles. The van der Waals surface area contributed by atoms with E-state index in [2.05, 4.69) is 15.5 Å². The number of para-hydroxylation sites is 3. The van der Waals surface area contributed by atoms with E-state index >= 15 is 0 Å². The van der Waals surface area contributed by atoms with Gasteiger partial charge >= 0.3 is 0 Å². The maximum absolute atomic E-state index is 13.6. The summed E-state index contributed by atoms with van der Waals surface area (Å²) in [6, 6.07) is 21.7. The summed E-state index contributed by atoms with van der Waals surface area (Å²) < 4.78 is 11.9. The molecule has 1 aromatic heterocycles. The lowest BCUT2D eigenvalue weighted by atomic mass is 10.1. The van der Waals surface area contributed by atoms with Gasteiger partial charge in [-0.15, -0.1) is 0 Å². The van der Waals surface area contributed by atoms with E-state index in [4.69, 9.17) is 14.9 Å². The molecule has 1 fully saturated rings. The lowest BCUT2D eigenvalue weighted by Gasteiger charge is -2.33. The van der Waals surface area contributed by atoms with Crippen molar-refractivity contribution in [3.8, 4) is 5.75 Å². The van der Waals surface area contributed by atoms with Gasteiger partial charge < -0.3 is 30.4 Å². The highest BCUT2D eigenvalue weighted by atomic mass is 16.5. The monoisotopic (exact) mass is 527 g/mol. The first-order chi connectivity index (χ1) is 19.0. The predicted molar refractivity (Wildman–Crippen MR) is 152 cm³/mol. The second-order valence-corrected chi connectivity index (χ2v) is 9.54. The van der Waals surface area contributed by atoms with Gasteiger partial charge in [-0.25, -0.2) is 0 Å². The zero-order valence-corrected chi connectivity index (χ0v) is 22.0. The summed E-state index contributed by atoms with van der Waals surface area (Å²) >= 11 is 0. The molecule has 0 unspecified atom stereocenters. The molecule has 0 saturated carbocycles. The number of carbonyl (C=O) groups excluding carboxylic acids is 2. The number of furan rings is 1. The maximum Gasteiger partial charge on any atom is 0.291 e. The Labute approximate surface area is 227 Å². The zero-order valence-electron chi connectivity index (χ0n) is 22.0. The molecule has 202 valence electrons. The van der Waals surface area contributed by atoms with Gasteiger partial charge in [0.05, 0.1) is 24.6 Å². The van der Waals surface area contributed by atoms with Crippen molar-refractivity contribution in [3.63, 3.8) is 0 Å². The summed E-state index contributed by atoms with van der Waals surface area (Å²) in [6.45, 7) is 6.59. The minimum absolute atomic E-state index is 0.155. The summed E-state index contributed by atoms with van der Waals surface area (Å²) in [5.74, 6) is 0.563. The van der Waals surface area contributed by atoms with Crippen LogP contribution < -0.4 is 21.1 Å². The van der Waals surface area contributed by atoms with E-state index in [1.54, 1.807) is 41.3 Å². The Morgan fingerprint density at radius 2 is 1.74 bits per heavy atom. The van der Waals surface area contributed by atoms with Gasteiger partial charge in [-0.2, -0.15) is 0 Å². The average Bonchev–Trinajstić information content (AvgIpc) is 3.30. The van der Waals surface area contributed by atoms with Crippen LogP contribution in [0.2, 0.25) is 0 Å². The van der Waals surface area contributed by atoms with E-state index in [1.807, 2.05) is 43.3 Å². The van der Waals surface area contributed by atoms with Gasteiger partial charge in [-0.3, -0.25) is 14.5 Å². The van der Waals surface area contributed by atoms with Crippen LogP contribution in [-0.2, 0) is 0 Å². The minimum atomic E-state index is -0.256. The van der Waals surface area contributed by atoms with Crippen LogP contribution in [0.3, 0.4) is 0 Å². The van der Waals surface area contributed by atoms with Crippen molar-refractivity contribution >= 4 is 34.2 Å². The van der Waals surface area contributed by atoms with Crippen molar-refractivity contribution < 1.29 is 18.7 Å². The molecule has 0 bridgehead atoms. The summed E-state index contributed by atoms with van der Waals surface area (Å²) in [5, 5.41) is 7.11. The van der Waals surface area contributed by atoms with Gasteiger partial charge in [0.2, 0.25) is 0 Å². The molecule has 0 atom stereocenters. The van der Waals surface area contributed by atoms with Crippen molar-refractivity contribution in [1.82, 2.24) is 15.1 Å². The van der Waals surface area contributed by atoms with Crippen LogP contribution in [0.5, 0.6) is 5.75 Å². The number of nitrogen functional groups attached to an aromatic ring is 1. The molecule has 0 aliphatic carbocycles. The molecule has 1 aliphatic heterocycles. The van der Waals surface area contributed by atoms with E-state index in [9.17, 15) is 9.59 Å². The number of ether oxygens (including phenoxy) is 1. The molecule has 5 rings (SSSR count). The van der Waals surface area contributed by atoms with Gasteiger partial charge in [0.15, 0.2) is 5.76 Å². The number of hydrogen-bond donors (Lipinski definition) is 3. The number of hydrogen-bond acceptors (Lipinski definition) is 7. The predicted octanol–water partition coefficient (Wildman–Crippen LogP) is 3.96. The fourth-order valence-electron chi connectivity index (χ4n) is 4.63. The van der Waals surface area contributed by atoms with E-state index in [1.165, 1.54) is 0 Å². The molecule has 1 saturated heterocycles. The smallest absolute Gasteiger partial charge is 0.291 e. The van der Waals surface area contributed by atoms with Gasteiger partial charge in [0, 0.05) is 42.7 Å². The second-order valence-electron chi connectivity index (χ2n) is 9.54. The molecular weight excluding hydrogens is 494 g/mol. The van der Waals surface area contributed by atoms with E-state index < -0.39 is 0 Å². The Balaban J connectivity index is 1.23. The summed E-state index contributed by atoms with van der Waals surface area (Å²) in [7, 11) is 0. The van der Waals surface area contributed by atoms with Crippen molar-refractivity contribution in [2.24, 2.45) is 0 Å². The third-order valence-electron chi connectivity index (χ3n) is 6.86. The molecular formula is C30H33N5O4. The van der Waals surface area contributed by atoms with Crippen molar-refractivity contribution in [2.45, 2.75) is 6.92 Å². The summed E-state index contributed by atoms with van der Waals surface area (Å²) in [4.78, 5) is 30.3. The minimum Gasteiger partial charge on any atom is -0.492 e. The molecule has 4 aromatic rings. The fraction of sp³-hybridized carbons (Fsp3) is 0.267. The largest absolute Gasteiger partial charge is 0.492 e. The molecule has 2 heterocycles. The number of rotatable bonds is 9. The van der Waals surface area contributed by atoms with Crippen molar-refractivity contribution in [3.05, 3.63) is 89.7 Å². The SMILES string of the molecule is Cc1c(C(=O)N(CCOc2ccc(C(=O)Nc3ccccc3N)cc2)CN2CCNCC2)oc2ccccc12. The lowest BCUT2D eigenvalue weighted by Crippen LogP contribution is -2.50. The number of nitrogens with two attached hydrogens (primary N) is 1. The van der Waals surface area contributed by atoms with Crippen LogP contribution >= 0.6 is 0 Å². The van der Waals surface area contributed by atoms with E-state index in [-0.39, 0.29) is 11.8 Å². The number of amides is 2. The Hall–Kier alpha value is -4.34. The lowest BCUT2D eigenvalue weighted by molar-refractivity contribution is 0.0538. The van der Waals surface area contributed by atoms with Gasteiger partial charge in [0.1, 0.15) is 17.9 Å². The number of aryl methyl sites for hydroxylation is 1. The van der Waals surface area contributed by atoms with Crippen LogP contribution in [0.1, 0.15) is 26.5 Å². The van der Waals surface area contributed by atoms with Crippen LogP contribution in [-0.4, -0.2) is 67.6 Å². The van der Waals surface area contributed by atoms with E-state index in [0.29, 0.717) is 53.9 Å². The van der Waals surface area contributed by atoms with Gasteiger partial charge in [-0.05, 0) is 49.4 Å². The maximum atomic E-state index is 13.6. The molecule has 9 nitrogen and oxygen atoms in total. The normalized spacial score (nSPS) is 13.8. The fourth-order valence-corrected chi connectivity index (χ4v) is 4.63. The first-order valence-electron chi connectivity index (χ1n) is 13.1. The number of fused-ring (bicyclic) bond motifs is 1. The van der Waals surface area contributed by atoms with Crippen LogP contribution in [0.15, 0.2) is 77.2 Å². The number of carbonyl (C=O) groups is 2. The van der Waals surface area contributed by atoms with Crippen LogP contribution in [0.4, 0.5) is 11.4 Å². The number of benzene rings is 3. The standard InChI is InChI=1S/C30H33N5O4/c1-21-24-6-2-5-9-27(24)39-28(21)30(37)35(20-34-16-14-32-15-17-34)18-19-38-23-12-10-22(11-13-23)29(36)33-26-8-4-3-7-25(26)31/h2-13,32H,14-20,31H2,1H3,(H,33,36). The average molecular weight is 528 g/mol. The molecule has 0 spiro atoms. The quantitative estimate of drug-likeness (QED) is 0.283. The zero-order chi connectivity index (χ0) is 27.2. The van der Waals surface area contributed by atoms with Crippen molar-refractivity contribution in [2.75, 3.05) is 57.0 Å². The Kier molecular flexibility index (Phi) is 8.10. The highest BCUT2D eigenvalue weighted by Gasteiger charge is 2.25. The summed E-state index contributed by atoms with van der Waals surface area (Å²) in [6.07, 6.45) is 0. The molecule has 9 heteroatoms. The Morgan fingerprint density at radius 3 is 2.49 bits per heavy atom. The molecule has 4 N–H and O–H groups in total. The van der Waals surface area contributed by atoms with Crippen LogP contribution in [0.25, 0.3) is 11.0 Å². The van der Waals surface area contributed by atoms with E-state index in [0.717, 1.165) is 37.1 Å². The third-order valence-corrected chi connectivity index (χ3v) is 6.86. The van der Waals surface area contributed by atoms with Crippen molar-refractivity contribution in [1.29, 1.82) is 0 Å². The molecule has 1 aliphatic rings. The first-order valence-corrected chi connectivity index (χ1v) is 13.1. The summed E-state index contributed by atoms with van der Waals surface area (Å²) in [5.41, 5.74) is 9.02. The Bertz CT molecular complexity index is 1440. The molecule has 0 radical (unpaired) electrons. The first kappa shape index (κ1) is 26.3. The Morgan fingerprint density at radius 1 is 1.03 bits per heavy atom. The second kappa shape index (κ2) is 12.0. The highest BCUT2D eigenvalue weighted by Crippen LogP contribution is 2.26. The van der Waals surface area contributed by atoms with Gasteiger partial charge in [0.25, 0.3) is 11.8 Å². The number of anilines is 2. The topological polar surface area (TPSA) is 113 Å². The van der Waals surface area contributed by atoms with Crippen LogP contribution in [0, 0.1) is 6.92 Å². The third kappa shape index (κ3) is 6.22. The number of piperazine rings is 1. The molecule has 39 heavy (non-hydrogen) atoms. The highest BCUT2D eigenvalue weighted by molar-refractivity contribution is 6.05.